The zero-order chi connectivity index (χ0) is 17.5. The fourth-order valence-electron chi connectivity index (χ4n) is 1.80. The van der Waals surface area contributed by atoms with Gasteiger partial charge in [-0.15, -0.1) is 0 Å². The average Bonchev–Trinajstić information content (AvgIpc) is 2.56. The van der Waals surface area contributed by atoms with E-state index in [2.05, 4.69) is 15.4 Å². The van der Waals surface area contributed by atoms with E-state index in [4.69, 9.17) is 21.1 Å². The molecule has 8 heteroatoms. The Morgan fingerprint density at radius 3 is 2.29 bits per heavy atom. The number of carbonyl (C=O) groups is 2. The quantitative estimate of drug-likeness (QED) is 0.865. The molecule has 0 aliphatic rings. The lowest BCUT2D eigenvalue weighted by atomic mass is 10.3. The second-order valence-electron chi connectivity index (χ2n) is 4.50. The van der Waals surface area contributed by atoms with Crippen molar-refractivity contribution in [2.24, 2.45) is 0 Å². The fourth-order valence-corrected chi connectivity index (χ4v) is 1.97. The number of methoxy groups -OCH3 is 2. The van der Waals surface area contributed by atoms with Gasteiger partial charge in [-0.2, -0.15) is 0 Å². The second-order valence-corrected chi connectivity index (χ2v) is 4.94. The summed E-state index contributed by atoms with van der Waals surface area (Å²) in [5.74, 6) is 0.748. The van der Waals surface area contributed by atoms with Gasteiger partial charge in [0.15, 0.2) is 0 Å². The van der Waals surface area contributed by atoms with E-state index in [1.165, 1.54) is 26.4 Å². The highest BCUT2D eigenvalue weighted by molar-refractivity contribution is 6.31. The van der Waals surface area contributed by atoms with Crippen LogP contribution < -0.4 is 20.1 Å². The van der Waals surface area contributed by atoms with Crippen LogP contribution in [0.15, 0.2) is 42.5 Å². The molecule has 2 amide bonds. The molecule has 0 saturated carbocycles. The summed E-state index contributed by atoms with van der Waals surface area (Å²) in [6.45, 7) is 0. The van der Waals surface area contributed by atoms with E-state index < -0.39 is 12.2 Å². The summed E-state index contributed by atoms with van der Waals surface area (Å²) in [5.41, 5.74) is 0.894. The minimum atomic E-state index is -0.704. The van der Waals surface area contributed by atoms with E-state index >= 15 is 0 Å². The van der Waals surface area contributed by atoms with E-state index in [9.17, 15) is 9.59 Å². The summed E-state index contributed by atoms with van der Waals surface area (Å²) in [5, 5.41) is 5.48. The van der Waals surface area contributed by atoms with Crippen molar-refractivity contribution >= 4 is 35.2 Å². The monoisotopic (exact) mass is 350 g/mol. The Morgan fingerprint density at radius 2 is 1.67 bits per heavy atom. The SMILES string of the molecule is COC(=O)Nc1ccc(OC(=O)Nc2cc(Cl)ccc2OC)cc1. The number of anilines is 2. The smallest absolute Gasteiger partial charge is 0.417 e. The van der Waals surface area contributed by atoms with Crippen LogP contribution in [0.5, 0.6) is 11.5 Å². The van der Waals surface area contributed by atoms with Crippen molar-refractivity contribution in [3.05, 3.63) is 47.5 Å². The maximum atomic E-state index is 11.9. The van der Waals surface area contributed by atoms with Crippen molar-refractivity contribution in [1.29, 1.82) is 0 Å². The number of halogens is 1. The zero-order valence-corrected chi connectivity index (χ0v) is 13.7. The Bertz CT molecular complexity index is 734. The average molecular weight is 351 g/mol. The molecule has 7 nitrogen and oxygen atoms in total. The fraction of sp³-hybridized carbons (Fsp3) is 0.125. The first-order valence-corrected chi connectivity index (χ1v) is 7.17. The number of rotatable bonds is 4. The Hall–Kier alpha value is -2.93. The summed E-state index contributed by atoms with van der Waals surface area (Å²) in [6.07, 6.45) is -1.29. The van der Waals surface area contributed by atoms with E-state index in [1.807, 2.05) is 0 Å². The van der Waals surface area contributed by atoms with Gasteiger partial charge in [0.05, 0.1) is 19.9 Å². The molecule has 0 fully saturated rings. The Morgan fingerprint density at radius 1 is 0.958 bits per heavy atom. The minimum absolute atomic E-state index is 0.295. The molecule has 0 atom stereocenters. The summed E-state index contributed by atoms with van der Waals surface area (Å²) in [4.78, 5) is 23.0. The number of amides is 2. The first kappa shape index (κ1) is 17.4. The molecule has 0 radical (unpaired) electrons. The van der Waals surface area contributed by atoms with Gasteiger partial charge in [0.2, 0.25) is 0 Å². The molecule has 0 saturated heterocycles. The third-order valence-electron chi connectivity index (χ3n) is 2.89. The normalized spacial score (nSPS) is 9.79. The molecule has 0 heterocycles. The molecule has 0 bridgehead atoms. The molecule has 0 aliphatic carbocycles. The number of benzene rings is 2. The highest BCUT2D eigenvalue weighted by Gasteiger charge is 2.10. The minimum Gasteiger partial charge on any atom is -0.495 e. The molecular weight excluding hydrogens is 336 g/mol. The molecule has 2 rings (SSSR count). The molecule has 2 aromatic rings. The second kappa shape index (κ2) is 8.07. The van der Waals surface area contributed by atoms with Crippen molar-refractivity contribution in [3.63, 3.8) is 0 Å². The number of ether oxygens (including phenoxy) is 3. The molecule has 2 aromatic carbocycles. The van der Waals surface area contributed by atoms with Gasteiger partial charge in [0.25, 0.3) is 0 Å². The van der Waals surface area contributed by atoms with Crippen molar-refractivity contribution in [2.75, 3.05) is 24.9 Å². The van der Waals surface area contributed by atoms with Gasteiger partial charge in [0.1, 0.15) is 11.5 Å². The topological polar surface area (TPSA) is 85.9 Å². The van der Waals surface area contributed by atoms with Crippen molar-refractivity contribution in [1.82, 2.24) is 0 Å². The van der Waals surface area contributed by atoms with Gasteiger partial charge < -0.3 is 14.2 Å². The molecule has 0 unspecified atom stereocenters. The molecule has 24 heavy (non-hydrogen) atoms. The lowest BCUT2D eigenvalue weighted by molar-refractivity contribution is 0.187. The van der Waals surface area contributed by atoms with Crippen molar-refractivity contribution in [3.8, 4) is 11.5 Å². The van der Waals surface area contributed by atoms with Gasteiger partial charge >= 0.3 is 12.2 Å². The summed E-state index contributed by atoms with van der Waals surface area (Å²) in [7, 11) is 2.74. The Balaban J connectivity index is 2.00. The first-order chi connectivity index (χ1) is 11.5. The van der Waals surface area contributed by atoms with Gasteiger partial charge in [-0.3, -0.25) is 10.6 Å². The van der Waals surface area contributed by atoms with Crippen LogP contribution in [0.25, 0.3) is 0 Å². The van der Waals surface area contributed by atoms with Crippen LogP contribution in [0.4, 0.5) is 21.0 Å². The molecule has 2 N–H and O–H groups in total. The zero-order valence-electron chi connectivity index (χ0n) is 13.0. The molecule has 0 spiro atoms. The summed E-state index contributed by atoms with van der Waals surface area (Å²) in [6, 6.07) is 11.0. The third kappa shape index (κ3) is 4.79. The van der Waals surface area contributed by atoms with E-state index in [-0.39, 0.29) is 0 Å². The van der Waals surface area contributed by atoms with Crippen LogP contribution in [-0.2, 0) is 4.74 Å². The lowest BCUT2D eigenvalue weighted by Gasteiger charge is -2.11. The lowest BCUT2D eigenvalue weighted by Crippen LogP contribution is -2.17. The third-order valence-corrected chi connectivity index (χ3v) is 3.13. The Kier molecular flexibility index (Phi) is 5.86. The standard InChI is InChI=1S/C16H15ClN2O5/c1-22-14-8-3-10(17)9-13(14)19-16(21)24-12-6-4-11(5-7-12)18-15(20)23-2/h3-9H,1-2H3,(H,18,20)(H,19,21). The number of carbonyl (C=O) groups excluding carboxylic acids is 2. The largest absolute Gasteiger partial charge is 0.495 e. The number of hydrogen-bond donors (Lipinski definition) is 2. The van der Waals surface area contributed by atoms with E-state index in [0.717, 1.165) is 0 Å². The van der Waals surface area contributed by atoms with Crippen molar-refractivity contribution in [2.45, 2.75) is 0 Å². The maximum Gasteiger partial charge on any atom is 0.417 e. The van der Waals surface area contributed by atoms with Crippen LogP contribution >= 0.6 is 11.6 Å². The predicted octanol–water partition coefficient (Wildman–Crippen LogP) is 4.14. The number of hydrogen-bond acceptors (Lipinski definition) is 5. The summed E-state index contributed by atoms with van der Waals surface area (Å²) < 4.78 is 14.8. The van der Waals surface area contributed by atoms with Gasteiger partial charge in [-0.1, -0.05) is 11.6 Å². The number of nitrogens with one attached hydrogen (secondary N) is 2. The first-order valence-electron chi connectivity index (χ1n) is 6.79. The highest BCUT2D eigenvalue weighted by Crippen LogP contribution is 2.28. The van der Waals surface area contributed by atoms with Crippen LogP contribution in [0, 0.1) is 0 Å². The van der Waals surface area contributed by atoms with E-state index in [0.29, 0.717) is 27.9 Å². The Labute approximate surface area is 143 Å². The highest BCUT2D eigenvalue weighted by atomic mass is 35.5. The maximum absolute atomic E-state index is 11.9. The van der Waals surface area contributed by atoms with E-state index in [1.54, 1.807) is 30.3 Å². The predicted molar refractivity (Wildman–Crippen MR) is 90.1 cm³/mol. The molecule has 0 aromatic heterocycles. The van der Waals surface area contributed by atoms with Gasteiger partial charge in [-0.25, -0.2) is 9.59 Å². The van der Waals surface area contributed by atoms with Crippen molar-refractivity contribution < 1.29 is 23.8 Å². The van der Waals surface area contributed by atoms with Crippen LogP contribution in [0.3, 0.4) is 0 Å². The van der Waals surface area contributed by atoms with Crippen LogP contribution in [0.1, 0.15) is 0 Å². The summed E-state index contributed by atoms with van der Waals surface area (Å²) >= 11 is 5.90. The molecule has 126 valence electrons. The molecular formula is C16H15ClN2O5. The van der Waals surface area contributed by atoms with Gasteiger partial charge in [-0.05, 0) is 42.5 Å². The van der Waals surface area contributed by atoms with Gasteiger partial charge in [0, 0.05) is 10.7 Å². The van der Waals surface area contributed by atoms with Crippen LogP contribution in [-0.4, -0.2) is 26.4 Å². The van der Waals surface area contributed by atoms with Crippen LogP contribution in [0.2, 0.25) is 5.02 Å². The molecule has 0 aliphatic heterocycles.